The number of sulfonamides is 2. The van der Waals surface area contributed by atoms with Gasteiger partial charge in [0, 0.05) is 62.1 Å². The molecule has 306 valence electrons. The van der Waals surface area contributed by atoms with E-state index in [1.54, 1.807) is 41.3 Å². The van der Waals surface area contributed by atoms with Crippen LogP contribution in [0.4, 0.5) is 0 Å². The molecule has 4 atom stereocenters. The van der Waals surface area contributed by atoms with Gasteiger partial charge in [0.2, 0.25) is 26.0 Å². The summed E-state index contributed by atoms with van der Waals surface area (Å²) in [5.41, 5.74) is 0. The third-order valence-corrected chi connectivity index (χ3v) is 16.7. The molecule has 0 radical (unpaired) electrons. The molecule has 1 saturated carbocycles. The van der Waals surface area contributed by atoms with Gasteiger partial charge in [0.15, 0.2) is 12.4 Å². The summed E-state index contributed by atoms with van der Waals surface area (Å²) in [4.78, 5) is 28.4. The van der Waals surface area contributed by atoms with Crippen LogP contribution in [-0.4, -0.2) is 88.8 Å². The maximum atomic E-state index is 12.8. The zero-order valence-electron chi connectivity index (χ0n) is 30.3. The van der Waals surface area contributed by atoms with Crippen LogP contribution < -0.4 is 20.1 Å². The number of hydrogen-bond donors (Lipinski definition) is 4. The largest absolute Gasteiger partial charge is 0.354 e. The Morgan fingerprint density at radius 1 is 0.737 bits per heavy atom. The smallest absolute Gasteiger partial charge is 0.261 e. The highest BCUT2D eigenvalue weighted by molar-refractivity contribution is 9.11. The number of carbonyl (C=O) groups is 2. The Hall–Kier alpha value is -2.60. The van der Waals surface area contributed by atoms with Crippen molar-refractivity contribution in [2.75, 3.05) is 26.2 Å². The van der Waals surface area contributed by atoms with Crippen molar-refractivity contribution < 1.29 is 26.4 Å². The second-order valence-corrected chi connectivity index (χ2v) is 21.7. The number of nitriles is 2. The highest BCUT2D eigenvalue weighted by Crippen LogP contribution is 2.29. The van der Waals surface area contributed by atoms with Crippen LogP contribution in [0.5, 0.6) is 0 Å². The third kappa shape index (κ3) is 12.5. The molecular formula is C36H40Br4N8O6S3. The molecule has 4 N–H and O–H groups in total. The van der Waals surface area contributed by atoms with E-state index in [0.717, 1.165) is 25.7 Å². The number of likely N-dealkylation sites (tertiary alicyclic amines) is 2. The lowest BCUT2D eigenvalue weighted by atomic mass is 9.88. The van der Waals surface area contributed by atoms with E-state index in [2.05, 4.69) is 96.2 Å². The van der Waals surface area contributed by atoms with Crippen LogP contribution in [0, 0.1) is 28.8 Å². The molecular weight excluding hydrogens is 1060 g/mol. The van der Waals surface area contributed by atoms with Gasteiger partial charge in [-0.05, 0) is 105 Å². The van der Waals surface area contributed by atoms with E-state index in [1.807, 2.05) is 5.38 Å². The van der Waals surface area contributed by atoms with Crippen molar-refractivity contribution in [3.05, 3.63) is 76.7 Å². The molecule has 0 spiro atoms. The van der Waals surface area contributed by atoms with Crippen LogP contribution in [0.2, 0.25) is 0 Å². The summed E-state index contributed by atoms with van der Waals surface area (Å²) in [6, 6.07) is 12.1. The lowest BCUT2D eigenvalue weighted by Gasteiger charge is -2.23. The fraction of sp³-hybridized carbons (Fsp3) is 0.444. The van der Waals surface area contributed by atoms with E-state index in [9.17, 15) is 36.9 Å². The van der Waals surface area contributed by atoms with E-state index in [0.29, 0.717) is 42.2 Å². The average molecular weight is 1100 g/mol. The highest BCUT2D eigenvalue weighted by atomic mass is 79.9. The number of hydrogen-bond acceptors (Lipinski definition) is 11. The Bertz CT molecular complexity index is 2210. The van der Waals surface area contributed by atoms with Crippen molar-refractivity contribution in [1.82, 2.24) is 29.9 Å². The molecule has 2 amide bonds. The first-order chi connectivity index (χ1) is 27.1. The Labute approximate surface area is 370 Å². The minimum Gasteiger partial charge on any atom is -0.354 e. The van der Waals surface area contributed by atoms with E-state index < -0.39 is 32.1 Å². The van der Waals surface area contributed by atoms with Gasteiger partial charge < -0.3 is 20.4 Å². The van der Waals surface area contributed by atoms with Crippen LogP contribution in [-0.2, 0) is 24.8 Å². The molecule has 1 aromatic heterocycles. The number of benzene rings is 2. The minimum atomic E-state index is -3.77. The van der Waals surface area contributed by atoms with Crippen LogP contribution in [0.1, 0.15) is 54.6 Å². The zero-order chi connectivity index (χ0) is 41.3. The van der Waals surface area contributed by atoms with Crippen molar-refractivity contribution in [3.8, 4) is 12.4 Å². The zero-order valence-corrected chi connectivity index (χ0v) is 39.1. The number of rotatable bonds is 12. The number of carbonyl (C=O) groups excluding carboxylic acids is 2. The molecule has 14 nitrogen and oxygen atoms in total. The molecule has 0 unspecified atom stereocenters. The topological polar surface area (TPSA) is 205 Å². The first-order valence-corrected chi connectivity index (χ1v) is 25.0. The van der Waals surface area contributed by atoms with Gasteiger partial charge in [-0.2, -0.15) is 10.5 Å². The van der Waals surface area contributed by atoms with Crippen LogP contribution in [0.3, 0.4) is 0 Å². The van der Waals surface area contributed by atoms with Crippen molar-refractivity contribution in [1.29, 1.82) is 10.5 Å². The van der Waals surface area contributed by atoms with Crippen LogP contribution in [0.15, 0.2) is 81.6 Å². The monoisotopic (exact) mass is 1090 g/mol. The number of nitrogens with zero attached hydrogens (tertiary/aromatic N) is 4. The standard InChI is InChI=1S/C19H24Br2N4O3S.C17H16Br2N4O3S2/c20-14-6-7-17(21)18(8-14)29(27,28)24-15-9-16(25(11-15)12-22)10-23-19(26)13-4-2-1-3-5-13;18-11-3-4-14(19)16(6-11)28(25,26)22-12-7-13(23(9-12)10-20)8-21-17(24)15-2-1-5-27-15/h6-8,13,15-16,24H,1-5,9-11H2,(H,23,26);1-6,12-13,22H,7-9H2,(H,21,24)/t15-,16-;12-,13-/m11/s1. The molecule has 3 aromatic rings. The Morgan fingerprint density at radius 2 is 1.23 bits per heavy atom. The highest BCUT2D eigenvalue weighted by Gasteiger charge is 2.37. The summed E-state index contributed by atoms with van der Waals surface area (Å²) in [5.74, 6) is -0.0939. The first kappa shape index (κ1) is 45.5. The van der Waals surface area contributed by atoms with Crippen LogP contribution >= 0.6 is 75.1 Å². The quantitative estimate of drug-likeness (QED) is 0.156. The summed E-state index contributed by atoms with van der Waals surface area (Å²) in [6.45, 7) is 1.15. The average Bonchev–Trinajstić information content (AvgIpc) is 3.95. The number of amides is 2. The van der Waals surface area contributed by atoms with Gasteiger partial charge in [0.05, 0.1) is 26.8 Å². The Kier molecular flexibility index (Phi) is 16.4. The van der Waals surface area contributed by atoms with Crippen molar-refractivity contribution in [2.24, 2.45) is 5.92 Å². The second-order valence-electron chi connectivity index (χ2n) is 13.8. The SMILES string of the molecule is N#CN1C[C@H](NS(=O)(=O)c2cc(Br)ccc2Br)C[C@@H]1CNC(=O)C1CCCCC1.N#CN1C[C@H](NS(=O)(=O)c2cc(Br)ccc2Br)C[C@@H]1CNC(=O)c1cccs1. The maximum absolute atomic E-state index is 12.8. The molecule has 1 aliphatic carbocycles. The Morgan fingerprint density at radius 3 is 1.68 bits per heavy atom. The molecule has 57 heavy (non-hydrogen) atoms. The van der Waals surface area contributed by atoms with Crippen molar-refractivity contribution in [2.45, 2.75) is 78.9 Å². The normalized spacial score (nSPS) is 21.2. The van der Waals surface area contributed by atoms with Gasteiger partial charge in [0.25, 0.3) is 5.91 Å². The lowest BCUT2D eigenvalue weighted by molar-refractivity contribution is -0.126. The second kappa shape index (κ2) is 20.6. The summed E-state index contributed by atoms with van der Waals surface area (Å²) >= 11 is 14.5. The fourth-order valence-electron chi connectivity index (χ4n) is 7.00. The van der Waals surface area contributed by atoms with E-state index >= 15 is 0 Å². The lowest BCUT2D eigenvalue weighted by Crippen LogP contribution is -2.40. The van der Waals surface area contributed by atoms with E-state index in [-0.39, 0.29) is 59.2 Å². The molecule has 2 aliphatic heterocycles. The molecule has 3 aliphatic rings. The number of thiophene rings is 1. The molecule has 0 bridgehead atoms. The maximum Gasteiger partial charge on any atom is 0.261 e. The molecule has 21 heteroatoms. The van der Waals surface area contributed by atoms with Crippen molar-refractivity contribution in [3.63, 3.8) is 0 Å². The number of halogens is 4. The third-order valence-electron chi connectivity index (χ3n) is 9.83. The fourth-order valence-corrected chi connectivity index (χ4v) is 13.1. The van der Waals surface area contributed by atoms with E-state index in [4.69, 9.17) is 0 Å². The van der Waals surface area contributed by atoms with Crippen LogP contribution in [0.25, 0.3) is 0 Å². The van der Waals surface area contributed by atoms with Crippen molar-refractivity contribution >= 4 is 107 Å². The van der Waals surface area contributed by atoms with Gasteiger partial charge in [0.1, 0.15) is 0 Å². The van der Waals surface area contributed by atoms with Gasteiger partial charge in [-0.15, -0.1) is 11.3 Å². The Balaban J connectivity index is 0.000000218. The molecule has 3 heterocycles. The predicted octanol–water partition coefficient (Wildman–Crippen LogP) is 6.02. The minimum absolute atomic E-state index is 0.0460. The molecule has 2 saturated heterocycles. The van der Waals surface area contributed by atoms with E-state index in [1.165, 1.54) is 34.8 Å². The molecule has 6 rings (SSSR count). The van der Waals surface area contributed by atoms with Gasteiger partial charge in [-0.3, -0.25) is 9.59 Å². The number of nitrogens with one attached hydrogen (secondary N) is 4. The summed E-state index contributed by atoms with van der Waals surface area (Å²) in [5, 5.41) is 26.4. The van der Waals surface area contributed by atoms with Gasteiger partial charge in [-0.25, -0.2) is 26.3 Å². The summed E-state index contributed by atoms with van der Waals surface area (Å²) in [6.07, 6.45) is 10.3. The summed E-state index contributed by atoms with van der Waals surface area (Å²) in [7, 11) is -7.52. The van der Waals surface area contributed by atoms with Gasteiger partial charge in [-0.1, -0.05) is 57.2 Å². The molecule has 3 fully saturated rings. The molecule has 2 aromatic carbocycles. The predicted molar refractivity (Wildman–Crippen MR) is 230 cm³/mol. The summed E-state index contributed by atoms with van der Waals surface area (Å²) < 4.78 is 58.7. The van der Waals surface area contributed by atoms with Gasteiger partial charge >= 0.3 is 0 Å². The first-order valence-electron chi connectivity index (χ1n) is 18.0.